The molecule has 120 valence electrons. The third-order valence-electron chi connectivity index (χ3n) is 4.05. The van der Waals surface area contributed by atoms with Gasteiger partial charge in [-0.2, -0.15) is 0 Å². The van der Waals surface area contributed by atoms with Gasteiger partial charge in [-0.25, -0.2) is 0 Å². The molecule has 0 aliphatic carbocycles. The molecule has 22 heavy (non-hydrogen) atoms. The van der Waals surface area contributed by atoms with Crippen LogP contribution in [0.1, 0.15) is 30.1 Å². The van der Waals surface area contributed by atoms with Crippen molar-refractivity contribution >= 4 is 17.3 Å². The molecule has 0 aromatic heterocycles. The van der Waals surface area contributed by atoms with Crippen molar-refractivity contribution in [3.63, 3.8) is 0 Å². The predicted octanol–water partition coefficient (Wildman–Crippen LogP) is 1.85. The zero-order valence-electron chi connectivity index (χ0n) is 13.0. The number of carbonyl (C=O) groups excluding carboxylic acids is 1. The SMILES string of the molecule is CNc1ccc([N+](=O)[O-])cc1C(=O)NC[C@@H](C)N1CCCC1. The van der Waals surface area contributed by atoms with Crippen LogP contribution in [0.3, 0.4) is 0 Å². The number of amides is 1. The lowest BCUT2D eigenvalue weighted by Gasteiger charge is -2.24. The number of benzene rings is 1. The molecule has 1 aromatic carbocycles. The van der Waals surface area contributed by atoms with Crippen molar-refractivity contribution < 1.29 is 9.72 Å². The van der Waals surface area contributed by atoms with Crippen molar-refractivity contribution in [3.05, 3.63) is 33.9 Å². The number of hydrogen-bond donors (Lipinski definition) is 2. The van der Waals surface area contributed by atoms with Crippen molar-refractivity contribution in [2.75, 3.05) is 32.0 Å². The lowest BCUT2D eigenvalue weighted by molar-refractivity contribution is -0.384. The number of likely N-dealkylation sites (tertiary alicyclic amines) is 1. The molecule has 1 aliphatic rings. The minimum Gasteiger partial charge on any atom is -0.387 e. The first-order valence-corrected chi connectivity index (χ1v) is 7.51. The Hall–Kier alpha value is -2.15. The quantitative estimate of drug-likeness (QED) is 0.618. The third kappa shape index (κ3) is 3.73. The predicted molar refractivity (Wildman–Crippen MR) is 85.2 cm³/mol. The van der Waals surface area contributed by atoms with Crippen LogP contribution in [-0.2, 0) is 0 Å². The Kier molecular flexibility index (Phi) is 5.32. The van der Waals surface area contributed by atoms with Crippen LogP contribution < -0.4 is 10.6 Å². The zero-order valence-corrected chi connectivity index (χ0v) is 13.0. The van der Waals surface area contributed by atoms with Crippen LogP contribution in [0.4, 0.5) is 11.4 Å². The van der Waals surface area contributed by atoms with Gasteiger partial charge in [-0.05, 0) is 38.9 Å². The van der Waals surface area contributed by atoms with Gasteiger partial charge >= 0.3 is 0 Å². The van der Waals surface area contributed by atoms with Crippen molar-refractivity contribution in [1.82, 2.24) is 10.2 Å². The van der Waals surface area contributed by atoms with Gasteiger partial charge in [-0.1, -0.05) is 0 Å². The first-order chi connectivity index (χ1) is 10.5. The molecule has 2 rings (SSSR count). The second kappa shape index (κ2) is 7.22. The molecule has 1 aliphatic heterocycles. The number of rotatable bonds is 6. The van der Waals surface area contributed by atoms with E-state index in [4.69, 9.17) is 0 Å². The van der Waals surface area contributed by atoms with E-state index in [1.165, 1.54) is 25.0 Å². The highest BCUT2D eigenvalue weighted by atomic mass is 16.6. The normalized spacial score (nSPS) is 16.3. The van der Waals surface area contributed by atoms with Crippen LogP contribution in [0.2, 0.25) is 0 Å². The minimum atomic E-state index is -0.497. The molecule has 7 heteroatoms. The summed E-state index contributed by atoms with van der Waals surface area (Å²) in [5.74, 6) is -0.293. The van der Waals surface area contributed by atoms with E-state index in [0.29, 0.717) is 17.8 Å². The number of nitrogens with one attached hydrogen (secondary N) is 2. The molecule has 1 saturated heterocycles. The molecule has 0 saturated carbocycles. The molecule has 0 spiro atoms. The highest BCUT2D eigenvalue weighted by molar-refractivity contribution is 6.00. The van der Waals surface area contributed by atoms with Crippen molar-refractivity contribution in [1.29, 1.82) is 0 Å². The Morgan fingerprint density at radius 1 is 1.41 bits per heavy atom. The van der Waals surface area contributed by atoms with Crippen LogP contribution in [0.25, 0.3) is 0 Å². The minimum absolute atomic E-state index is 0.0864. The Morgan fingerprint density at radius 2 is 2.09 bits per heavy atom. The summed E-state index contributed by atoms with van der Waals surface area (Å²) in [5, 5.41) is 16.6. The average Bonchev–Trinajstić information content (AvgIpc) is 3.06. The van der Waals surface area contributed by atoms with E-state index in [2.05, 4.69) is 22.5 Å². The van der Waals surface area contributed by atoms with Crippen LogP contribution in [0, 0.1) is 10.1 Å². The topological polar surface area (TPSA) is 87.5 Å². The second-order valence-electron chi connectivity index (χ2n) is 5.54. The van der Waals surface area contributed by atoms with Gasteiger partial charge in [0.25, 0.3) is 11.6 Å². The highest BCUT2D eigenvalue weighted by Crippen LogP contribution is 2.21. The maximum absolute atomic E-state index is 12.3. The van der Waals surface area contributed by atoms with E-state index in [0.717, 1.165) is 13.1 Å². The Bertz CT molecular complexity index is 556. The Labute approximate surface area is 129 Å². The molecular formula is C15H22N4O3. The van der Waals surface area contributed by atoms with E-state index in [1.807, 2.05) is 0 Å². The molecule has 1 amide bonds. The van der Waals surface area contributed by atoms with Gasteiger partial charge < -0.3 is 10.6 Å². The van der Waals surface area contributed by atoms with Crippen molar-refractivity contribution in [2.24, 2.45) is 0 Å². The fraction of sp³-hybridized carbons (Fsp3) is 0.533. The van der Waals surface area contributed by atoms with Gasteiger partial charge in [0.1, 0.15) is 0 Å². The smallest absolute Gasteiger partial charge is 0.270 e. The van der Waals surface area contributed by atoms with E-state index in [9.17, 15) is 14.9 Å². The summed E-state index contributed by atoms with van der Waals surface area (Å²) in [4.78, 5) is 25.0. The molecule has 0 bridgehead atoms. The summed E-state index contributed by atoms with van der Waals surface area (Å²) in [6.45, 7) is 4.74. The van der Waals surface area contributed by atoms with E-state index >= 15 is 0 Å². The summed E-state index contributed by atoms with van der Waals surface area (Å²) in [6, 6.07) is 4.51. The van der Waals surface area contributed by atoms with Gasteiger partial charge in [0.05, 0.1) is 10.5 Å². The van der Waals surface area contributed by atoms with Gasteiger partial charge in [-0.15, -0.1) is 0 Å². The number of anilines is 1. The first kappa shape index (κ1) is 16.2. The largest absolute Gasteiger partial charge is 0.387 e. The van der Waals surface area contributed by atoms with E-state index in [1.54, 1.807) is 13.1 Å². The summed E-state index contributed by atoms with van der Waals surface area (Å²) in [6.07, 6.45) is 2.40. The summed E-state index contributed by atoms with van der Waals surface area (Å²) < 4.78 is 0. The molecule has 1 heterocycles. The molecule has 7 nitrogen and oxygen atoms in total. The molecule has 0 unspecified atom stereocenters. The molecule has 1 atom stereocenters. The standard InChI is InChI=1S/C15H22N4O3/c1-11(18-7-3-4-8-18)10-17-15(20)13-9-12(19(21)22)5-6-14(13)16-2/h5-6,9,11,16H,3-4,7-8,10H2,1-2H3,(H,17,20)/t11-/m1/s1. The van der Waals surface area contributed by atoms with Crippen LogP contribution in [0.5, 0.6) is 0 Å². The maximum Gasteiger partial charge on any atom is 0.270 e. The van der Waals surface area contributed by atoms with Crippen molar-refractivity contribution in [3.8, 4) is 0 Å². The molecular weight excluding hydrogens is 284 g/mol. The lowest BCUT2D eigenvalue weighted by atomic mass is 10.1. The monoisotopic (exact) mass is 306 g/mol. The maximum atomic E-state index is 12.3. The number of carbonyl (C=O) groups is 1. The van der Waals surface area contributed by atoms with Crippen LogP contribution in [-0.4, -0.2) is 48.5 Å². The molecule has 1 fully saturated rings. The van der Waals surface area contributed by atoms with Gasteiger partial charge in [0, 0.05) is 37.5 Å². The fourth-order valence-corrected chi connectivity index (χ4v) is 2.70. The summed E-state index contributed by atoms with van der Waals surface area (Å²) in [7, 11) is 1.69. The van der Waals surface area contributed by atoms with E-state index in [-0.39, 0.29) is 17.6 Å². The van der Waals surface area contributed by atoms with E-state index < -0.39 is 4.92 Å². The third-order valence-corrected chi connectivity index (χ3v) is 4.05. The number of hydrogen-bond acceptors (Lipinski definition) is 5. The average molecular weight is 306 g/mol. The summed E-state index contributed by atoms with van der Waals surface area (Å²) >= 11 is 0. The number of non-ortho nitro benzene ring substituents is 1. The molecule has 2 N–H and O–H groups in total. The van der Waals surface area contributed by atoms with Crippen molar-refractivity contribution in [2.45, 2.75) is 25.8 Å². The van der Waals surface area contributed by atoms with Gasteiger partial charge in [-0.3, -0.25) is 19.8 Å². The van der Waals surface area contributed by atoms with Crippen LogP contribution >= 0.6 is 0 Å². The fourth-order valence-electron chi connectivity index (χ4n) is 2.70. The van der Waals surface area contributed by atoms with Gasteiger partial charge in [0.2, 0.25) is 0 Å². The van der Waals surface area contributed by atoms with Crippen LogP contribution in [0.15, 0.2) is 18.2 Å². The van der Waals surface area contributed by atoms with Gasteiger partial charge in [0.15, 0.2) is 0 Å². The number of nitro groups is 1. The summed E-state index contributed by atoms with van der Waals surface area (Å²) in [5.41, 5.74) is 0.791. The Balaban J connectivity index is 2.04. The zero-order chi connectivity index (χ0) is 16.1. The lowest BCUT2D eigenvalue weighted by Crippen LogP contribution is -2.40. The Morgan fingerprint density at radius 3 is 2.68 bits per heavy atom. The first-order valence-electron chi connectivity index (χ1n) is 7.51. The molecule has 0 radical (unpaired) electrons. The number of nitro benzene ring substituents is 1. The molecule has 1 aromatic rings. The highest BCUT2D eigenvalue weighted by Gasteiger charge is 2.20. The second-order valence-corrected chi connectivity index (χ2v) is 5.54. The number of nitrogens with zero attached hydrogens (tertiary/aromatic N) is 2.